The normalized spacial score (nSPS) is 27.0. The van der Waals surface area contributed by atoms with Crippen molar-refractivity contribution in [3.63, 3.8) is 0 Å². The molecule has 1 atom stereocenters. The number of carbonyl (C=O) groups excluding carboxylic acids is 2. The Labute approximate surface area is 133 Å². The molecule has 1 N–H and O–H groups in total. The molecule has 5 rings (SSSR count). The molecule has 0 radical (unpaired) electrons. The summed E-state index contributed by atoms with van der Waals surface area (Å²) in [4.78, 5) is 27.6. The van der Waals surface area contributed by atoms with Gasteiger partial charge in [-0.25, -0.2) is 0 Å². The monoisotopic (exact) mass is 314 g/mol. The van der Waals surface area contributed by atoms with Gasteiger partial charge in [0, 0.05) is 17.3 Å². The van der Waals surface area contributed by atoms with Gasteiger partial charge in [0.05, 0.1) is 4.88 Å². The van der Waals surface area contributed by atoms with E-state index in [1.54, 1.807) is 0 Å². The third-order valence-corrected chi connectivity index (χ3v) is 5.94. The average molecular weight is 314 g/mol. The summed E-state index contributed by atoms with van der Waals surface area (Å²) in [6.07, 6.45) is 2.25. The fraction of sp³-hybridized carbons (Fsp3) is 0.412. The van der Waals surface area contributed by atoms with Crippen LogP contribution in [0.1, 0.15) is 22.5 Å². The van der Waals surface area contributed by atoms with Crippen LogP contribution in [-0.2, 0) is 4.79 Å². The number of benzene rings is 1. The van der Waals surface area contributed by atoms with Crippen molar-refractivity contribution in [2.75, 3.05) is 19.6 Å². The maximum Gasteiger partial charge on any atom is 0.293 e. The van der Waals surface area contributed by atoms with Crippen LogP contribution in [0.25, 0.3) is 10.1 Å². The van der Waals surface area contributed by atoms with Crippen LogP contribution in [-0.4, -0.2) is 42.3 Å². The summed E-state index contributed by atoms with van der Waals surface area (Å²) in [6.45, 7) is 3.14. The molecule has 2 bridgehead atoms. The van der Waals surface area contributed by atoms with E-state index in [0.29, 0.717) is 10.8 Å². The molecule has 3 fully saturated rings. The average Bonchev–Trinajstić information content (AvgIpc) is 2.99. The van der Waals surface area contributed by atoms with Crippen molar-refractivity contribution in [1.82, 2.24) is 10.2 Å². The Morgan fingerprint density at radius 1 is 1.18 bits per heavy atom. The molecule has 0 saturated carbocycles. The lowest BCUT2D eigenvalue weighted by molar-refractivity contribution is -0.119. The van der Waals surface area contributed by atoms with Crippen LogP contribution < -0.4 is 5.32 Å². The zero-order chi connectivity index (χ0) is 15.1. The van der Waals surface area contributed by atoms with Crippen LogP contribution in [0.15, 0.2) is 30.3 Å². The molecular weight excluding hydrogens is 296 g/mol. The number of nitrogens with one attached hydrogen (secondary N) is 1. The SMILES string of the molecule is O=C(NC1CN2CCC1CC2)C(=O)c1cc2ccccc2s1. The summed E-state index contributed by atoms with van der Waals surface area (Å²) in [5, 5.41) is 3.99. The molecule has 2 aromatic rings. The molecule has 5 heteroatoms. The quantitative estimate of drug-likeness (QED) is 0.698. The molecule has 22 heavy (non-hydrogen) atoms. The van der Waals surface area contributed by atoms with Crippen LogP contribution in [0.3, 0.4) is 0 Å². The lowest BCUT2D eigenvalue weighted by Crippen LogP contribution is -2.58. The van der Waals surface area contributed by atoms with Gasteiger partial charge in [-0.1, -0.05) is 18.2 Å². The molecule has 1 amide bonds. The number of carbonyl (C=O) groups is 2. The number of thiophene rings is 1. The first-order chi connectivity index (χ1) is 10.7. The third-order valence-electron chi connectivity index (χ3n) is 4.83. The largest absolute Gasteiger partial charge is 0.345 e. The van der Waals surface area contributed by atoms with Crippen LogP contribution in [0.4, 0.5) is 0 Å². The highest BCUT2D eigenvalue weighted by Gasteiger charge is 2.36. The summed E-state index contributed by atoms with van der Waals surface area (Å²) in [5.41, 5.74) is 0. The highest BCUT2D eigenvalue weighted by Crippen LogP contribution is 2.28. The van der Waals surface area contributed by atoms with Gasteiger partial charge in [0.1, 0.15) is 0 Å². The van der Waals surface area contributed by atoms with Gasteiger partial charge in [-0.05, 0) is 49.4 Å². The second-order valence-corrected chi connectivity index (χ2v) is 7.28. The van der Waals surface area contributed by atoms with Gasteiger partial charge in [-0.3, -0.25) is 9.59 Å². The van der Waals surface area contributed by atoms with Crippen LogP contribution in [0, 0.1) is 5.92 Å². The predicted octanol–water partition coefficient (Wildman–Crippen LogP) is 2.29. The zero-order valence-corrected chi connectivity index (χ0v) is 13.1. The Hall–Kier alpha value is -1.72. The van der Waals surface area contributed by atoms with Crippen molar-refractivity contribution in [3.8, 4) is 0 Å². The molecule has 1 aromatic heterocycles. The zero-order valence-electron chi connectivity index (χ0n) is 12.2. The first-order valence-corrected chi connectivity index (χ1v) is 8.58. The topological polar surface area (TPSA) is 49.4 Å². The third kappa shape index (κ3) is 2.44. The number of amides is 1. The molecule has 4 nitrogen and oxygen atoms in total. The molecule has 3 aliphatic rings. The highest BCUT2D eigenvalue weighted by atomic mass is 32.1. The number of piperidine rings is 3. The van der Waals surface area contributed by atoms with Crippen molar-refractivity contribution in [2.24, 2.45) is 5.92 Å². The number of Topliss-reactive ketones (excluding diaryl/α,β-unsaturated/α-hetero) is 1. The van der Waals surface area contributed by atoms with Crippen LogP contribution in [0.5, 0.6) is 0 Å². The van der Waals surface area contributed by atoms with E-state index in [-0.39, 0.29) is 6.04 Å². The van der Waals surface area contributed by atoms with Gasteiger partial charge in [0.15, 0.2) is 0 Å². The van der Waals surface area contributed by atoms with E-state index in [4.69, 9.17) is 0 Å². The second kappa shape index (κ2) is 5.48. The van der Waals surface area contributed by atoms with Crippen LogP contribution in [0.2, 0.25) is 0 Å². The highest BCUT2D eigenvalue weighted by molar-refractivity contribution is 7.21. The molecule has 4 heterocycles. The lowest BCUT2D eigenvalue weighted by Gasteiger charge is -2.44. The Morgan fingerprint density at radius 3 is 2.64 bits per heavy atom. The van der Waals surface area contributed by atoms with E-state index in [9.17, 15) is 9.59 Å². The molecule has 114 valence electrons. The summed E-state index contributed by atoms with van der Waals surface area (Å²) < 4.78 is 1.04. The molecule has 1 aromatic carbocycles. The minimum absolute atomic E-state index is 0.133. The summed E-state index contributed by atoms with van der Waals surface area (Å²) in [6, 6.07) is 9.78. The second-order valence-electron chi connectivity index (χ2n) is 6.20. The van der Waals surface area contributed by atoms with E-state index in [1.165, 1.54) is 11.3 Å². The fourth-order valence-electron chi connectivity index (χ4n) is 3.57. The summed E-state index contributed by atoms with van der Waals surface area (Å²) >= 11 is 1.39. The number of fused-ring (bicyclic) bond motifs is 4. The maximum absolute atomic E-state index is 12.4. The fourth-order valence-corrected chi connectivity index (χ4v) is 4.57. The lowest BCUT2D eigenvalue weighted by atomic mass is 9.84. The van der Waals surface area contributed by atoms with Crippen molar-refractivity contribution < 1.29 is 9.59 Å². The minimum atomic E-state index is -0.453. The van der Waals surface area contributed by atoms with E-state index in [0.717, 1.165) is 42.6 Å². The molecule has 0 aliphatic carbocycles. The van der Waals surface area contributed by atoms with E-state index in [2.05, 4.69) is 10.2 Å². The smallest absolute Gasteiger partial charge is 0.293 e. The Morgan fingerprint density at radius 2 is 1.95 bits per heavy atom. The summed E-state index contributed by atoms with van der Waals surface area (Å²) in [5.74, 6) is -0.327. The number of hydrogen-bond acceptors (Lipinski definition) is 4. The number of ketones is 1. The molecule has 1 unspecified atom stereocenters. The van der Waals surface area contributed by atoms with Gasteiger partial charge in [0.25, 0.3) is 11.7 Å². The Bertz CT molecular complexity index is 698. The van der Waals surface area contributed by atoms with Gasteiger partial charge >= 0.3 is 0 Å². The van der Waals surface area contributed by atoms with Gasteiger partial charge in [-0.15, -0.1) is 11.3 Å². The van der Waals surface area contributed by atoms with Gasteiger partial charge < -0.3 is 10.2 Å². The van der Waals surface area contributed by atoms with E-state index in [1.807, 2.05) is 30.3 Å². The molecule has 3 aliphatic heterocycles. The van der Waals surface area contributed by atoms with E-state index >= 15 is 0 Å². The first-order valence-electron chi connectivity index (χ1n) is 7.77. The predicted molar refractivity (Wildman–Crippen MR) is 87.3 cm³/mol. The maximum atomic E-state index is 12.4. The Balaban J connectivity index is 1.49. The first kappa shape index (κ1) is 13.9. The van der Waals surface area contributed by atoms with Crippen molar-refractivity contribution >= 4 is 33.1 Å². The van der Waals surface area contributed by atoms with Crippen LogP contribution >= 0.6 is 11.3 Å². The standard InChI is InChI=1S/C17H18N2O2S/c20-16(15-9-12-3-1-2-4-14(12)22-15)17(21)18-13-10-19-7-5-11(13)6-8-19/h1-4,9,11,13H,5-8,10H2,(H,18,21). The van der Waals surface area contributed by atoms with E-state index < -0.39 is 11.7 Å². The minimum Gasteiger partial charge on any atom is -0.345 e. The number of nitrogens with zero attached hydrogens (tertiary/aromatic N) is 1. The van der Waals surface area contributed by atoms with Crippen molar-refractivity contribution in [1.29, 1.82) is 0 Å². The van der Waals surface area contributed by atoms with Gasteiger partial charge in [-0.2, -0.15) is 0 Å². The Kier molecular flexibility index (Phi) is 3.47. The van der Waals surface area contributed by atoms with Gasteiger partial charge in [0.2, 0.25) is 0 Å². The molecule has 0 spiro atoms. The number of rotatable bonds is 3. The molecule has 3 saturated heterocycles. The van der Waals surface area contributed by atoms with Crippen molar-refractivity contribution in [3.05, 3.63) is 35.2 Å². The molecular formula is C17H18N2O2S. The summed E-state index contributed by atoms with van der Waals surface area (Å²) in [7, 11) is 0. The van der Waals surface area contributed by atoms with Crippen molar-refractivity contribution in [2.45, 2.75) is 18.9 Å². The number of hydrogen-bond donors (Lipinski definition) is 1.